The molecule has 0 unspecified atom stereocenters. The molecule has 2 aromatic heterocycles. The molecule has 0 bridgehead atoms. The first-order chi connectivity index (χ1) is 15.3. The van der Waals surface area contributed by atoms with Crippen molar-refractivity contribution >= 4 is 45.4 Å². The van der Waals surface area contributed by atoms with Gasteiger partial charge in [0, 0.05) is 46.8 Å². The first-order valence-electron chi connectivity index (χ1n) is 10.6. The zero-order valence-electron chi connectivity index (χ0n) is 17.0. The third-order valence-corrected chi connectivity index (χ3v) is 6.12. The van der Waals surface area contributed by atoms with Gasteiger partial charge in [-0.05, 0) is 29.8 Å². The minimum atomic E-state index is -0.00470. The molecule has 0 radical (unpaired) electrons. The van der Waals surface area contributed by atoms with Crippen molar-refractivity contribution in [1.82, 2.24) is 15.3 Å². The van der Waals surface area contributed by atoms with Gasteiger partial charge in [0.1, 0.15) is 0 Å². The molecule has 4 heterocycles. The van der Waals surface area contributed by atoms with Crippen LogP contribution in [-0.4, -0.2) is 42.2 Å². The van der Waals surface area contributed by atoms with Gasteiger partial charge < -0.3 is 19.9 Å². The predicted molar refractivity (Wildman–Crippen MR) is 123 cm³/mol. The molecule has 0 spiro atoms. The van der Waals surface area contributed by atoms with Gasteiger partial charge in [-0.1, -0.05) is 30.3 Å². The minimum Gasteiger partial charge on any atom is -0.378 e. The number of pyridine rings is 1. The predicted octanol–water partition coefficient (Wildman–Crippen LogP) is 3.97. The fourth-order valence-electron chi connectivity index (χ4n) is 4.52. The molecular formula is C25H22N4O2. The van der Waals surface area contributed by atoms with Crippen LogP contribution in [0.4, 0.5) is 5.69 Å². The van der Waals surface area contributed by atoms with Gasteiger partial charge in [0.25, 0.3) is 5.91 Å². The number of fused-ring (bicyclic) bond motifs is 5. The number of carbonyl (C=O) groups excluding carboxylic acids is 1. The van der Waals surface area contributed by atoms with E-state index in [-0.39, 0.29) is 5.91 Å². The molecule has 2 N–H and O–H groups in total. The summed E-state index contributed by atoms with van der Waals surface area (Å²) in [6, 6.07) is 14.7. The van der Waals surface area contributed by atoms with Crippen LogP contribution in [0, 0.1) is 0 Å². The lowest BCUT2D eigenvalue weighted by atomic mass is 10.1. The second kappa shape index (κ2) is 7.25. The van der Waals surface area contributed by atoms with E-state index in [4.69, 9.17) is 4.74 Å². The highest BCUT2D eigenvalue weighted by Gasteiger charge is 2.24. The van der Waals surface area contributed by atoms with Crippen molar-refractivity contribution in [3.63, 3.8) is 0 Å². The topological polar surface area (TPSA) is 70.2 Å². The number of nitrogens with one attached hydrogen (secondary N) is 2. The van der Waals surface area contributed by atoms with Crippen LogP contribution in [0.15, 0.2) is 48.7 Å². The molecule has 0 atom stereocenters. The molecule has 0 aliphatic carbocycles. The van der Waals surface area contributed by atoms with E-state index in [9.17, 15) is 4.79 Å². The summed E-state index contributed by atoms with van der Waals surface area (Å²) in [5, 5.41) is 5.98. The van der Waals surface area contributed by atoms with Crippen molar-refractivity contribution in [3.8, 4) is 0 Å². The number of anilines is 1. The number of morpholine rings is 1. The maximum Gasteiger partial charge on any atom is 0.254 e. The van der Waals surface area contributed by atoms with Crippen LogP contribution >= 0.6 is 0 Å². The van der Waals surface area contributed by atoms with Crippen LogP contribution in [0.3, 0.4) is 0 Å². The van der Waals surface area contributed by atoms with E-state index in [0.717, 1.165) is 70.5 Å². The quantitative estimate of drug-likeness (QED) is 0.536. The van der Waals surface area contributed by atoms with Gasteiger partial charge in [0.15, 0.2) is 0 Å². The van der Waals surface area contributed by atoms with E-state index in [1.165, 1.54) is 5.69 Å². The van der Waals surface area contributed by atoms with Crippen molar-refractivity contribution in [3.05, 3.63) is 71.2 Å². The minimum absolute atomic E-state index is 0.00470. The van der Waals surface area contributed by atoms with Crippen molar-refractivity contribution < 1.29 is 9.53 Å². The Balaban J connectivity index is 1.35. The Labute approximate surface area is 179 Å². The molecule has 154 valence electrons. The van der Waals surface area contributed by atoms with Gasteiger partial charge in [-0.3, -0.25) is 9.78 Å². The molecule has 2 aliphatic rings. The molecule has 4 aromatic rings. The van der Waals surface area contributed by atoms with Crippen LogP contribution in [0.1, 0.15) is 27.3 Å². The molecule has 31 heavy (non-hydrogen) atoms. The van der Waals surface area contributed by atoms with Gasteiger partial charge in [0.05, 0.1) is 36.5 Å². The lowest BCUT2D eigenvalue weighted by Gasteiger charge is -2.29. The molecule has 2 aliphatic heterocycles. The Hall–Kier alpha value is -3.64. The Morgan fingerprint density at radius 2 is 1.94 bits per heavy atom. The summed E-state index contributed by atoms with van der Waals surface area (Å²) in [7, 11) is 0. The van der Waals surface area contributed by atoms with Crippen molar-refractivity contribution in [2.75, 3.05) is 31.2 Å². The highest BCUT2D eigenvalue weighted by Crippen LogP contribution is 2.32. The molecule has 0 saturated carbocycles. The lowest BCUT2D eigenvalue weighted by Crippen LogP contribution is -2.36. The Morgan fingerprint density at radius 3 is 2.84 bits per heavy atom. The lowest BCUT2D eigenvalue weighted by molar-refractivity contribution is 0.0967. The van der Waals surface area contributed by atoms with Crippen LogP contribution in [0.5, 0.6) is 0 Å². The summed E-state index contributed by atoms with van der Waals surface area (Å²) >= 11 is 0. The van der Waals surface area contributed by atoms with E-state index >= 15 is 0 Å². The first-order valence-corrected chi connectivity index (χ1v) is 10.6. The second-order valence-corrected chi connectivity index (χ2v) is 8.01. The Kier molecular flexibility index (Phi) is 4.25. The number of aromatic nitrogens is 2. The average Bonchev–Trinajstić information content (AvgIpc) is 3.38. The number of carbonyl (C=O) groups is 1. The van der Waals surface area contributed by atoms with E-state index < -0.39 is 0 Å². The van der Waals surface area contributed by atoms with Crippen LogP contribution < -0.4 is 10.2 Å². The first kappa shape index (κ1) is 18.2. The van der Waals surface area contributed by atoms with E-state index in [0.29, 0.717) is 6.54 Å². The molecule has 6 heteroatoms. The molecule has 6 rings (SSSR count). The van der Waals surface area contributed by atoms with E-state index in [1.54, 1.807) is 0 Å². The van der Waals surface area contributed by atoms with Crippen molar-refractivity contribution in [1.29, 1.82) is 0 Å². The normalized spacial score (nSPS) is 16.4. The van der Waals surface area contributed by atoms with Crippen molar-refractivity contribution in [2.24, 2.45) is 0 Å². The van der Waals surface area contributed by atoms with Crippen LogP contribution in [-0.2, 0) is 11.3 Å². The van der Waals surface area contributed by atoms with Crippen LogP contribution in [0.25, 0.3) is 33.8 Å². The van der Waals surface area contributed by atoms with E-state index in [1.807, 2.05) is 24.4 Å². The fraction of sp³-hybridized carbons (Fsp3) is 0.200. The van der Waals surface area contributed by atoms with E-state index in [2.05, 4.69) is 56.6 Å². The van der Waals surface area contributed by atoms with Crippen LogP contribution in [0.2, 0.25) is 0 Å². The van der Waals surface area contributed by atoms with Gasteiger partial charge in [-0.2, -0.15) is 0 Å². The number of aromatic amines is 1. The van der Waals surface area contributed by atoms with Crippen molar-refractivity contribution in [2.45, 2.75) is 6.54 Å². The molecule has 1 amide bonds. The highest BCUT2D eigenvalue weighted by atomic mass is 16.5. The summed E-state index contributed by atoms with van der Waals surface area (Å²) in [6.07, 6.45) is 6.03. The summed E-state index contributed by atoms with van der Waals surface area (Å²) < 4.78 is 5.46. The molecule has 6 nitrogen and oxygen atoms in total. The molecule has 1 fully saturated rings. The maximum absolute atomic E-state index is 12.2. The summed E-state index contributed by atoms with van der Waals surface area (Å²) in [5.41, 5.74) is 5.98. The van der Waals surface area contributed by atoms with Gasteiger partial charge >= 0.3 is 0 Å². The maximum atomic E-state index is 12.2. The second-order valence-electron chi connectivity index (χ2n) is 8.01. The monoisotopic (exact) mass is 410 g/mol. The number of benzene rings is 2. The molecular weight excluding hydrogens is 388 g/mol. The number of H-pyrrole nitrogens is 1. The summed E-state index contributed by atoms with van der Waals surface area (Å²) in [4.78, 5) is 22.6. The zero-order valence-corrected chi connectivity index (χ0v) is 17.0. The number of hydrogen-bond donors (Lipinski definition) is 2. The standard InChI is InChI=1S/C25H22N4O2/c30-25-23-20-7-5-17-14-26-18(13-21(17)24(20)28-22(23)15-27-25)6-4-16-2-1-3-19(12-16)29-8-10-31-11-9-29/h1-7,12-14,28H,8-11,15H2,(H,27,30). The number of amides is 1. The average molecular weight is 410 g/mol. The SMILES string of the molecule is O=C1NCc2[nH]c3c(ccc4cnc(C=Cc5cccc(N6CCOCC6)c5)cc43)c21. The smallest absolute Gasteiger partial charge is 0.254 e. The third kappa shape index (κ3) is 3.16. The number of rotatable bonds is 3. The highest BCUT2D eigenvalue weighted by molar-refractivity contribution is 6.16. The van der Waals surface area contributed by atoms with Gasteiger partial charge in [-0.15, -0.1) is 0 Å². The van der Waals surface area contributed by atoms with Gasteiger partial charge in [0.2, 0.25) is 0 Å². The summed E-state index contributed by atoms with van der Waals surface area (Å²) in [5.74, 6) is -0.00470. The number of nitrogens with zero attached hydrogens (tertiary/aromatic N) is 2. The number of hydrogen-bond acceptors (Lipinski definition) is 4. The third-order valence-electron chi connectivity index (χ3n) is 6.12. The Morgan fingerprint density at radius 1 is 1.03 bits per heavy atom. The summed E-state index contributed by atoms with van der Waals surface area (Å²) in [6.45, 7) is 3.96. The largest absolute Gasteiger partial charge is 0.378 e. The van der Waals surface area contributed by atoms with Gasteiger partial charge in [-0.25, -0.2) is 0 Å². The molecule has 2 aromatic carbocycles. The Bertz CT molecular complexity index is 1350. The molecule has 1 saturated heterocycles. The number of ether oxygens (including phenoxy) is 1. The fourth-order valence-corrected chi connectivity index (χ4v) is 4.52. The zero-order chi connectivity index (χ0) is 20.8.